The zero-order valence-corrected chi connectivity index (χ0v) is 34.1. The number of aryl methyl sites for hydroxylation is 1. The predicted octanol–water partition coefficient (Wildman–Crippen LogP) is 4.07. The number of hydrogen-bond donors (Lipinski definition) is 3. The SMILES string of the molecule is CC(C)c1ccc(N2C[C@H](CS(=O)(=O)CCc3cccc4c3C(=O)N(C3CCC(=O)NC3=O)C4=O)[C@H]2C)c2cnc(Nc3ccnc(N4CC[C@@H](O)[C@@](C)(F)C4)n3)cc12. The van der Waals surface area contributed by atoms with E-state index in [2.05, 4.69) is 51.5 Å². The number of aliphatic hydroxyl groups is 1. The minimum absolute atomic E-state index is 0.00449. The van der Waals surface area contributed by atoms with E-state index in [1.54, 1.807) is 29.3 Å². The van der Waals surface area contributed by atoms with Crippen LogP contribution in [-0.2, 0) is 25.8 Å². The van der Waals surface area contributed by atoms with Gasteiger partial charge >= 0.3 is 0 Å². The molecule has 2 aromatic heterocycles. The number of piperidine rings is 2. The molecule has 59 heavy (non-hydrogen) atoms. The molecule has 1 unspecified atom stereocenters. The lowest BCUT2D eigenvalue weighted by molar-refractivity contribution is -0.136. The van der Waals surface area contributed by atoms with Crippen molar-refractivity contribution < 1.29 is 37.1 Å². The fourth-order valence-corrected chi connectivity index (χ4v) is 10.5. The molecular formula is C42H47FN8O7S. The van der Waals surface area contributed by atoms with Crippen molar-refractivity contribution in [3.63, 3.8) is 0 Å². The van der Waals surface area contributed by atoms with Gasteiger partial charge < -0.3 is 20.2 Å². The van der Waals surface area contributed by atoms with Crippen molar-refractivity contribution in [3.8, 4) is 0 Å². The largest absolute Gasteiger partial charge is 0.390 e. The first-order valence-corrected chi connectivity index (χ1v) is 21.8. The van der Waals surface area contributed by atoms with Crippen LogP contribution in [0.4, 0.5) is 27.7 Å². The number of alkyl halides is 1. The standard InChI is InChI=1S/C42H47FN8O7S/c1-23(2)27-8-9-31(30-19-45-35(18-29(27)30)46-34-12-15-44-41(47-34)49-16-13-33(52)42(4,43)22-49)50-20-26(24(50)3)21-59(57,58)17-14-25-6-5-7-28-37(25)40(56)51(39(28)55)32-10-11-36(53)48-38(32)54/h5-9,12,15,18-19,23-24,26,32-33,52H,10-11,13-14,16-17,20-22H2,1-4H3,(H,48,53,54)(H,44,45,46,47)/t24-,26-,32?,33-,42+/m1/s1. The summed E-state index contributed by atoms with van der Waals surface area (Å²) in [6.07, 6.45) is 2.70. The van der Waals surface area contributed by atoms with Gasteiger partial charge in [-0.25, -0.2) is 22.8 Å². The average Bonchev–Trinajstić information content (AvgIpc) is 3.45. The Balaban J connectivity index is 0.941. The third-order valence-electron chi connectivity index (χ3n) is 12.2. The van der Waals surface area contributed by atoms with Crippen molar-refractivity contribution in [2.24, 2.45) is 5.92 Å². The number of imide groups is 2. The van der Waals surface area contributed by atoms with Gasteiger partial charge in [-0.1, -0.05) is 32.0 Å². The Hall–Kier alpha value is -5.55. The third-order valence-corrected chi connectivity index (χ3v) is 14.0. The number of amides is 4. The highest BCUT2D eigenvalue weighted by Crippen LogP contribution is 2.40. The van der Waals surface area contributed by atoms with Crippen LogP contribution in [0.25, 0.3) is 10.8 Å². The zero-order valence-electron chi connectivity index (χ0n) is 33.3. The number of sulfone groups is 1. The second-order valence-corrected chi connectivity index (χ2v) is 18.8. The van der Waals surface area contributed by atoms with Gasteiger partial charge in [-0.05, 0) is 79.8 Å². The highest BCUT2D eigenvalue weighted by atomic mass is 32.2. The molecule has 17 heteroatoms. The maximum atomic E-state index is 14.9. The Kier molecular flexibility index (Phi) is 10.4. The van der Waals surface area contributed by atoms with Crippen molar-refractivity contribution >= 4 is 67.5 Å². The molecule has 310 valence electrons. The highest BCUT2D eigenvalue weighted by molar-refractivity contribution is 7.91. The lowest BCUT2D eigenvalue weighted by Crippen LogP contribution is -2.57. The fraction of sp³-hybridized carbons (Fsp3) is 0.452. The van der Waals surface area contributed by atoms with Crippen LogP contribution in [0.1, 0.15) is 84.7 Å². The molecule has 0 radical (unpaired) electrons. The Morgan fingerprint density at radius 1 is 1.03 bits per heavy atom. The van der Waals surface area contributed by atoms with Crippen LogP contribution in [0, 0.1) is 5.92 Å². The summed E-state index contributed by atoms with van der Waals surface area (Å²) >= 11 is 0. The number of nitrogens with zero attached hydrogens (tertiary/aromatic N) is 6. The van der Waals surface area contributed by atoms with Gasteiger partial charge in [-0.3, -0.25) is 29.4 Å². The minimum atomic E-state index is -3.59. The molecule has 0 spiro atoms. The summed E-state index contributed by atoms with van der Waals surface area (Å²) in [6.45, 7) is 8.54. The highest BCUT2D eigenvalue weighted by Gasteiger charge is 2.46. The lowest BCUT2D eigenvalue weighted by Gasteiger charge is -2.48. The van der Waals surface area contributed by atoms with Crippen LogP contribution in [0.2, 0.25) is 0 Å². The number of nitrogens with one attached hydrogen (secondary N) is 2. The van der Waals surface area contributed by atoms with Crippen molar-refractivity contribution in [1.82, 2.24) is 25.2 Å². The number of benzene rings is 2. The summed E-state index contributed by atoms with van der Waals surface area (Å²) in [5.74, 6) is -1.27. The monoisotopic (exact) mass is 826 g/mol. The van der Waals surface area contributed by atoms with Crippen molar-refractivity contribution in [2.75, 3.05) is 46.3 Å². The van der Waals surface area contributed by atoms with Crippen LogP contribution >= 0.6 is 0 Å². The smallest absolute Gasteiger partial charge is 0.262 e. The molecule has 4 aromatic rings. The van der Waals surface area contributed by atoms with Gasteiger partial charge in [-0.2, -0.15) is 4.98 Å². The number of pyridine rings is 1. The van der Waals surface area contributed by atoms with Crippen molar-refractivity contribution in [3.05, 3.63) is 77.1 Å². The lowest BCUT2D eigenvalue weighted by atomic mass is 9.88. The maximum Gasteiger partial charge on any atom is 0.262 e. The second kappa shape index (κ2) is 15.2. The van der Waals surface area contributed by atoms with E-state index in [-0.39, 0.29) is 72.7 Å². The Morgan fingerprint density at radius 3 is 2.56 bits per heavy atom. The first kappa shape index (κ1) is 40.2. The normalized spacial score (nSPS) is 24.8. The fourth-order valence-electron chi connectivity index (χ4n) is 8.74. The van der Waals surface area contributed by atoms with E-state index in [1.807, 2.05) is 19.2 Å². The molecular weight excluding hydrogens is 780 g/mol. The van der Waals surface area contributed by atoms with E-state index in [9.17, 15) is 37.1 Å². The Labute approximate surface area is 341 Å². The summed E-state index contributed by atoms with van der Waals surface area (Å²) in [6, 6.07) is 11.4. The quantitative estimate of drug-likeness (QED) is 0.183. The van der Waals surface area contributed by atoms with E-state index >= 15 is 0 Å². The van der Waals surface area contributed by atoms with Gasteiger partial charge in [0, 0.05) is 54.9 Å². The molecule has 4 aliphatic heterocycles. The molecule has 2 aromatic carbocycles. The minimum Gasteiger partial charge on any atom is -0.390 e. The molecule has 15 nitrogen and oxygen atoms in total. The van der Waals surface area contributed by atoms with Gasteiger partial charge in [-0.15, -0.1) is 0 Å². The van der Waals surface area contributed by atoms with Gasteiger partial charge in [0.2, 0.25) is 17.8 Å². The number of carbonyl (C=O) groups is 4. The summed E-state index contributed by atoms with van der Waals surface area (Å²) in [5.41, 5.74) is 0.936. The summed E-state index contributed by atoms with van der Waals surface area (Å²) in [4.78, 5) is 69.5. The van der Waals surface area contributed by atoms with Gasteiger partial charge in [0.25, 0.3) is 11.8 Å². The van der Waals surface area contributed by atoms with Gasteiger partial charge in [0.05, 0.1) is 35.3 Å². The molecule has 4 amide bonds. The number of rotatable bonds is 11. The first-order valence-electron chi connectivity index (χ1n) is 20.0. The van der Waals surface area contributed by atoms with E-state index in [1.165, 1.54) is 13.0 Å². The van der Waals surface area contributed by atoms with Crippen molar-refractivity contribution in [2.45, 2.75) is 83.2 Å². The molecule has 0 bridgehead atoms. The number of carbonyl (C=O) groups excluding carboxylic acids is 4. The first-order chi connectivity index (χ1) is 28.0. The van der Waals surface area contributed by atoms with Crippen LogP contribution < -0.4 is 20.4 Å². The predicted molar refractivity (Wildman–Crippen MR) is 219 cm³/mol. The molecule has 8 rings (SSSR count). The molecule has 4 aliphatic rings. The molecule has 5 atom stereocenters. The van der Waals surface area contributed by atoms with E-state index < -0.39 is 51.3 Å². The topological polar surface area (TPSA) is 195 Å². The second-order valence-electron chi connectivity index (χ2n) is 16.6. The van der Waals surface area contributed by atoms with E-state index in [0.29, 0.717) is 36.2 Å². The molecule has 0 saturated carbocycles. The Morgan fingerprint density at radius 2 is 1.83 bits per heavy atom. The molecule has 6 heterocycles. The number of halogens is 1. The number of hydrogen-bond acceptors (Lipinski definition) is 13. The number of anilines is 4. The molecule has 0 aliphatic carbocycles. The third kappa shape index (κ3) is 7.61. The van der Waals surface area contributed by atoms with E-state index in [0.717, 1.165) is 26.9 Å². The Bertz CT molecular complexity index is 2500. The van der Waals surface area contributed by atoms with Crippen molar-refractivity contribution in [1.29, 1.82) is 0 Å². The average molecular weight is 827 g/mol. The number of fused-ring (bicyclic) bond motifs is 2. The molecule has 3 N–H and O–H groups in total. The van der Waals surface area contributed by atoms with Gasteiger partial charge in [0.1, 0.15) is 17.7 Å². The summed E-state index contributed by atoms with van der Waals surface area (Å²) in [7, 11) is -3.59. The van der Waals surface area contributed by atoms with Crippen LogP contribution in [0.5, 0.6) is 0 Å². The number of aromatic nitrogens is 3. The van der Waals surface area contributed by atoms with Crippen LogP contribution in [-0.4, -0.2) is 112 Å². The van der Waals surface area contributed by atoms with Crippen LogP contribution in [0.15, 0.2) is 54.9 Å². The zero-order chi connectivity index (χ0) is 42.0. The summed E-state index contributed by atoms with van der Waals surface area (Å²) < 4.78 is 42.1. The van der Waals surface area contributed by atoms with E-state index in [4.69, 9.17) is 4.98 Å². The summed E-state index contributed by atoms with van der Waals surface area (Å²) in [5, 5.41) is 17.4. The number of aliphatic hydroxyl groups excluding tert-OH is 1. The maximum absolute atomic E-state index is 14.9. The van der Waals surface area contributed by atoms with Crippen LogP contribution in [0.3, 0.4) is 0 Å². The van der Waals surface area contributed by atoms with Gasteiger partial charge in [0.15, 0.2) is 15.5 Å². The molecule has 3 saturated heterocycles. The molecule has 3 fully saturated rings.